The van der Waals surface area contributed by atoms with E-state index >= 15 is 0 Å². The van der Waals surface area contributed by atoms with Crippen LogP contribution in [0.4, 0.5) is 20.8 Å². The van der Waals surface area contributed by atoms with E-state index in [0.29, 0.717) is 24.6 Å². The molecular weight excluding hydrogens is 623 g/mol. The highest BCUT2D eigenvalue weighted by molar-refractivity contribution is 5.97. The summed E-state index contributed by atoms with van der Waals surface area (Å²) in [4.78, 5) is 15.8. The summed E-state index contributed by atoms with van der Waals surface area (Å²) in [6, 6.07) is 15.7. The molecule has 2 unspecified atom stereocenters. The molecule has 258 valence electrons. The van der Waals surface area contributed by atoms with Crippen molar-refractivity contribution in [2.24, 2.45) is 5.41 Å². The molecule has 0 radical (unpaired) electrons. The molecule has 1 aliphatic heterocycles. The molecule has 1 saturated heterocycles. The van der Waals surface area contributed by atoms with Gasteiger partial charge in [-0.25, -0.2) is 9.18 Å². The number of pyridine rings is 1. The molecule has 6 rings (SSSR count). The third-order valence-electron chi connectivity index (χ3n) is 9.28. The lowest BCUT2D eigenvalue weighted by Gasteiger charge is -2.33. The second-order valence-electron chi connectivity index (χ2n) is 13.9. The zero-order valence-corrected chi connectivity index (χ0v) is 28.5. The average molecular weight is 669 g/mol. The molecule has 0 bridgehead atoms. The predicted molar refractivity (Wildman–Crippen MR) is 188 cm³/mol. The molecule has 11 nitrogen and oxygen atoms in total. The molecule has 2 aliphatic rings. The predicted octanol–water partition coefficient (Wildman–Crippen LogP) is 7.01. The van der Waals surface area contributed by atoms with Crippen molar-refractivity contribution in [1.29, 1.82) is 5.41 Å². The Morgan fingerprint density at radius 2 is 1.88 bits per heavy atom. The Hall–Kier alpha value is -4.97. The minimum atomic E-state index is -0.527. The van der Waals surface area contributed by atoms with Gasteiger partial charge in [-0.3, -0.25) is 9.72 Å². The molecule has 1 aliphatic carbocycles. The number of carbonyl (C=O) groups is 1. The first-order chi connectivity index (χ1) is 23.5. The van der Waals surface area contributed by atoms with E-state index in [9.17, 15) is 14.3 Å². The minimum absolute atomic E-state index is 0.119. The number of hydrogen-bond acceptors (Lipinski definition) is 8. The minimum Gasteiger partial charge on any atom is -0.484 e. The quantitative estimate of drug-likeness (QED) is 0.121. The fraction of sp³-hybridized carbons (Fsp3) is 0.405. The number of nitrogens with zero attached hydrogens (tertiary/aromatic N) is 4. The standard InChI is InChI=1S/C37H45FN8O3/c1-23-9-7-8-18-45(23)36-44-43-34-17-13-26(21-46(34)36)49-31-16-15-30(27-10-5-6-11-28(27)31)41-35(48)42-33(20-32(39)37(2,3)4)40-25-12-14-29(38)24(19-25)22-47/h5-6,10-14,17,19-21,23,30-31,39-40,47H,7-9,15-16,18,22H2,1-4H3,(H2,41,42,48)/b33-20+,39-32?/t23-,30?,31?/m0/s1. The normalized spacial score (nSPS) is 19.7. The van der Waals surface area contributed by atoms with Gasteiger partial charge in [0.1, 0.15) is 23.5 Å². The van der Waals surface area contributed by atoms with Crippen LogP contribution in [0.25, 0.3) is 5.65 Å². The second kappa shape index (κ2) is 14.3. The number of allylic oxidation sites excluding steroid dienone is 1. The molecule has 12 heteroatoms. The zero-order chi connectivity index (χ0) is 34.7. The van der Waals surface area contributed by atoms with Gasteiger partial charge in [0.2, 0.25) is 5.95 Å². The monoisotopic (exact) mass is 668 g/mol. The fourth-order valence-corrected chi connectivity index (χ4v) is 6.42. The number of aliphatic hydroxyl groups excluding tert-OH is 1. The molecule has 3 atom stereocenters. The van der Waals surface area contributed by atoms with Crippen LogP contribution in [-0.2, 0) is 6.61 Å². The molecule has 0 saturated carbocycles. The van der Waals surface area contributed by atoms with Crippen LogP contribution in [0.1, 0.15) is 88.6 Å². The fourth-order valence-electron chi connectivity index (χ4n) is 6.42. The van der Waals surface area contributed by atoms with Gasteiger partial charge < -0.3 is 30.8 Å². The number of amides is 2. The number of fused-ring (bicyclic) bond motifs is 2. The first kappa shape index (κ1) is 33.9. The van der Waals surface area contributed by atoms with Gasteiger partial charge in [-0.15, -0.1) is 10.2 Å². The maximum absolute atomic E-state index is 14.0. The summed E-state index contributed by atoms with van der Waals surface area (Å²) in [5, 5.41) is 36.0. The largest absolute Gasteiger partial charge is 0.484 e. The first-order valence-corrected chi connectivity index (χ1v) is 16.9. The summed E-state index contributed by atoms with van der Waals surface area (Å²) in [6.45, 7) is 8.43. The number of halogens is 1. The number of ether oxygens (including phenoxy) is 1. The van der Waals surface area contributed by atoms with E-state index < -0.39 is 23.9 Å². The second-order valence-corrected chi connectivity index (χ2v) is 13.9. The van der Waals surface area contributed by atoms with Crippen molar-refractivity contribution >= 4 is 29.0 Å². The highest BCUT2D eigenvalue weighted by Gasteiger charge is 2.30. The highest BCUT2D eigenvalue weighted by Crippen LogP contribution is 2.39. The molecule has 2 aromatic carbocycles. The molecule has 5 N–H and O–H groups in total. The van der Waals surface area contributed by atoms with E-state index in [1.165, 1.54) is 24.6 Å². The van der Waals surface area contributed by atoms with Crippen LogP contribution >= 0.6 is 0 Å². The third kappa shape index (κ3) is 7.69. The lowest BCUT2D eigenvalue weighted by Crippen LogP contribution is -2.41. The van der Waals surface area contributed by atoms with Gasteiger partial charge in [0.15, 0.2) is 5.65 Å². The Balaban J connectivity index is 1.18. The molecule has 2 amide bonds. The van der Waals surface area contributed by atoms with Gasteiger partial charge >= 0.3 is 6.03 Å². The Morgan fingerprint density at radius 3 is 2.63 bits per heavy atom. The van der Waals surface area contributed by atoms with E-state index in [1.54, 1.807) is 6.08 Å². The summed E-state index contributed by atoms with van der Waals surface area (Å²) < 4.78 is 22.6. The first-order valence-electron chi connectivity index (χ1n) is 16.9. The van der Waals surface area contributed by atoms with Crippen molar-refractivity contribution in [1.82, 2.24) is 25.2 Å². The van der Waals surface area contributed by atoms with E-state index in [-0.39, 0.29) is 29.2 Å². The number of anilines is 2. The highest BCUT2D eigenvalue weighted by atomic mass is 19.1. The van der Waals surface area contributed by atoms with E-state index in [4.69, 9.17) is 10.1 Å². The topological polar surface area (TPSA) is 140 Å². The Labute approximate surface area is 286 Å². The van der Waals surface area contributed by atoms with Crippen LogP contribution in [-0.4, -0.2) is 44.0 Å². The zero-order valence-electron chi connectivity index (χ0n) is 28.5. The van der Waals surface area contributed by atoms with E-state index in [1.807, 2.05) is 67.8 Å². The number of rotatable bonds is 9. The van der Waals surface area contributed by atoms with Gasteiger partial charge in [0.05, 0.1) is 18.8 Å². The van der Waals surface area contributed by atoms with Crippen molar-refractivity contribution < 1.29 is 19.0 Å². The number of urea groups is 1. The van der Waals surface area contributed by atoms with Crippen molar-refractivity contribution in [3.05, 3.63) is 95.2 Å². The van der Waals surface area contributed by atoms with Crippen LogP contribution < -0.4 is 25.6 Å². The Morgan fingerprint density at radius 1 is 1.08 bits per heavy atom. The third-order valence-corrected chi connectivity index (χ3v) is 9.28. The van der Waals surface area contributed by atoms with E-state index in [0.717, 1.165) is 47.9 Å². The molecule has 3 heterocycles. The Kier molecular flexibility index (Phi) is 9.86. The number of aliphatic hydroxyl groups is 1. The molecule has 4 aromatic rings. The summed E-state index contributed by atoms with van der Waals surface area (Å²) in [6.07, 6.45) is 8.10. The van der Waals surface area contributed by atoms with Crippen LogP contribution in [0.2, 0.25) is 0 Å². The Bertz CT molecular complexity index is 1870. The number of carbonyl (C=O) groups excluding carboxylic acids is 1. The van der Waals surface area contributed by atoms with Crippen molar-refractivity contribution in [2.75, 3.05) is 16.8 Å². The molecule has 2 aromatic heterocycles. The van der Waals surface area contributed by atoms with Crippen molar-refractivity contribution in [2.45, 2.75) is 84.6 Å². The van der Waals surface area contributed by atoms with Crippen molar-refractivity contribution in [3.8, 4) is 5.75 Å². The van der Waals surface area contributed by atoms with Gasteiger partial charge in [-0.1, -0.05) is 45.0 Å². The van der Waals surface area contributed by atoms with Crippen molar-refractivity contribution in [3.63, 3.8) is 0 Å². The van der Waals surface area contributed by atoms with Gasteiger partial charge in [-0.2, -0.15) is 0 Å². The van der Waals surface area contributed by atoms with E-state index in [2.05, 4.69) is 38.0 Å². The number of hydrogen-bond donors (Lipinski definition) is 5. The van der Waals surface area contributed by atoms with Crippen LogP contribution in [0.3, 0.4) is 0 Å². The maximum Gasteiger partial charge on any atom is 0.320 e. The summed E-state index contributed by atoms with van der Waals surface area (Å²) >= 11 is 0. The number of piperidine rings is 1. The van der Waals surface area contributed by atoms with Gasteiger partial charge in [-0.05, 0) is 80.5 Å². The summed E-state index contributed by atoms with van der Waals surface area (Å²) in [7, 11) is 0. The molecule has 0 spiro atoms. The number of benzene rings is 2. The van der Waals surface area contributed by atoms with Gasteiger partial charge in [0, 0.05) is 41.0 Å². The van der Waals surface area contributed by atoms with Crippen LogP contribution in [0.15, 0.2) is 72.7 Å². The molecular formula is C37H45FN8O3. The van der Waals surface area contributed by atoms with Gasteiger partial charge in [0.25, 0.3) is 0 Å². The number of aromatic nitrogens is 3. The summed E-state index contributed by atoms with van der Waals surface area (Å²) in [5.41, 5.74) is 3.12. The smallest absolute Gasteiger partial charge is 0.320 e. The van der Waals surface area contributed by atoms with Crippen LogP contribution in [0, 0.1) is 16.6 Å². The molecule has 49 heavy (non-hydrogen) atoms. The lowest BCUT2D eigenvalue weighted by molar-refractivity contribution is 0.171. The lowest BCUT2D eigenvalue weighted by atomic mass is 9.85. The average Bonchev–Trinajstić information content (AvgIpc) is 3.49. The summed E-state index contributed by atoms with van der Waals surface area (Å²) in [5.74, 6) is 1.28. The SMILES string of the molecule is C[C@H]1CCCCN1c1nnc2ccc(OC3CCC(NC(=O)N/C(=C/C(=N)C(C)(C)C)Nc4ccc(F)c(CO)c4)c4ccccc43)cn12. The number of nitrogens with one attached hydrogen (secondary N) is 4. The molecule has 1 fully saturated rings. The maximum atomic E-state index is 14.0. The van der Waals surface area contributed by atoms with Crippen LogP contribution in [0.5, 0.6) is 5.75 Å².